The molecular formula is C32H29N2O+. The van der Waals surface area contributed by atoms with Gasteiger partial charge in [0.05, 0.1) is 17.2 Å². The SMILES string of the molecule is [2H]C1(c2ccc(-c3cccc4c3oc3c(-c5cccc[n+]5C)c(C)ccc34)cc2C#N)CCCCC1. The van der Waals surface area contributed by atoms with E-state index >= 15 is 0 Å². The average molecular weight is 459 g/mol. The Balaban J connectivity index is 1.55. The summed E-state index contributed by atoms with van der Waals surface area (Å²) in [6.07, 6.45) is 6.97. The van der Waals surface area contributed by atoms with Crippen molar-refractivity contribution in [1.29, 1.82) is 5.26 Å². The molecule has 35 heavy (non-hydrogen) atoms. The number of benzene rings is 3. The van der Waals surface area contributed by atoms with Gasteiger partial charge in [-0.05, 0) is 54.5 Å². The average Bonchev–Trinajstić information content (AvgIpc) is 3.28. The molecule has 0 atom stereocenters. The number of nitriles is 1. The van der Waals surface area contributed by atoms with Crippen molar-refractivity contribution in [3.63, 3.8) is 0 Å². The van der Waals surface area contributed by atoms with Gasteiger partial charge >= 0.3 is 0 Å². The lowest BCUT2D eigenvalue weighted by molar-refractivity contribution is -0.660. The van der Waals surface area contributed by atoms with Crippen LogP contribution >= 0.6 is 0 Å². The highest BCUT2D eigenvalue weighted by Gasteiger charge is 2.23. The Morgan fingerprint density at radius 2 is 1.77 bits per heavy atom. The maximum Gasteiger partial charge on any atom is 0.216 e. The third-order valence-corrected chi connectivity index (χ3v) is 7.48. The molecule has 2 aromatic heterocycles. The van der Waals surface area contributed by atoms with Crippen LogP contribution in [-0.4, -0.2) is 0 Å². The molecule has 6 rings (SSSR count). The van der Waals surface area contributed by atoms with Crippen LogP contribution in [-0.2, 0) is 7.05 Å². The number of aromatic nitrogens is 1. The van der Waals surface area contributed by atoms with E-state index in [0.29, 0.717) is 5.56 Å². The van der Waals surface area contributed by atoms with Crippen LogP contribution in [0, 0.1) is 18.3 Å². The summed E-state index contributed by atoms with van der Waals surface area (Å²) in [4.78, 5) is 0. The minimum Gasteiger partial charge on any atom is -0.454 e. The molecule has 0 amide bonds. The summed E-state index contributed by atoms with van der Waals surface area (Å²) < 4.78 is 17.8. The van der Waals surface area contributed by atoms with Gasteiger partial charge in [0.2, 0.25) is 5.69 Å². The van der Waals surface area contributed by atoms with E-state index in [9.17, 15) is 5.26 Å². The minimum atomic E-state index is -0.662. The molecule has 0 N–H and O–H groups in total. The summed E-state index contributed by atoms with van der Waals surface area (Å²) in [5.74, 6) is -0.662. The van der Waals surface area contributed by atoms with Gasteiger partial charge in [0, 0.05) is 29.8 Å². The van der Waals surface area contributed by atoms with Crippen LogP contribution in [0.3, 0.4) is 0 Å². The largest absolute Gasteiger partial charge is 0.454 e. The van der Waals surface area contributed by atoms with Crippen LogP contribution in [0.2, 0.25) is 0 Å². The Morgan fingerprint density at radius 3 is 2.57 bits per heavy atom. The molecular weight excluding hydrogens is 428 g/mol. The monoisotopic (exact) mass is 458 g/mol. The van der Waals surface area contributed by atoms with E-state index in [1.165, 1.54) is 6.42 Å². The predicted octanol–water partition coefficient (Wildman–Crippen LogP) is 7.97. The van der Waals surface area contributed by atoms with Crippen LogP contribution in [0.1, 0.15) is 56.1 Å². The second kappa shape index (κ2) is 8.71. The lowest BCUT2D eigenvalue weighted by Crippen LogP contribution is -2.30. The van der Waals surface area contributed by atoms with Gasteiger partial charge in [-0.15, -0.1) is 0 Å². The zero-order valence-electron chi connectivity index (χ0n) is 21.3. The Labute approximate surface area is 207 Å². The van der Waals surface area contributed by atoms with E-state index in [2.05, 4.69) is 79.3 Å². The quantitative estimate of drug-likeness (QED) is 0.257. The molecule has 0 saturated heterocycles. The van der Waals surface area contributed by atoms with Crippen molar-refractivity contribution in [2.24, 2.45) is 7.05 Å². The Morgan fingerprint density at radius 1 is 0.943 bits per heavy atom. The molecule has 0 radical (unpaired) electrons. The molecule has 3 heteroatoms. The second-order valence-electron chi connectivity index (χ2n) is 9.65. The molecule has 1 aliphatic carbocycles. The molecule has 0 aliphatic heterocycles. The third-order valence-electron chi connectivity index (χ3n) is 7.48. The number of hydrogen-bond donors (Lipinski definition) is 0. The molecule has 3 nitrogen and oxygen atoms in total. The van der Waals surface area contributed by atoms with Gasteiger partial charge in [-0.25, -0.2) is 4.57 Å². The molecule has 2 heterocycles. The standard InChI is InChI=1S/C32H29N2O/c1-21-14-16-28-27-12-8-11-26(31(27)35-32(28)30(21)29-13-6-7-18-34(29)2)23-15-17-25(24(19-23)20-33)22-9-4-3-5-10-22/h6-8,11-19,22H,3-5,9-10H2,1-2H3/q+1/i22D. The summed E-state index contributed by atoms with van der Waals surface area (Å²) in [5.41, 5.74) is 8.44. The first-order valence-corrected chi connectivity index (χ1v) is 12.4. The zero-order chi connectivity index (χ0) is 24.9. The van der Waals surface area contributed by atoms with Gasteiger partial charge in [-0.1, -0.05) is 61.7 Å². The van der Waals surface area contributed by atoms with Gasteiger partial charge in [0.1, 0.15) is 18.2 Å². The maximum atomic E-state index is 10.0. The van der Waals surface area contributed by atoms with Gasteiger partial charge < -0.3 is 4.42 Å². The lowest BCUT2D eigenvalue weighted by Gasteiger charge is -2.23. The highest BCUT2D eigenvalue weighted by atomic mass is 16.3. The van der Waals surface area contributed by atoms with Crippen LogP contribution < -0.4 is 4.57 Å². The Bertz CT molecular complexity index is 1670. The van der Waals surface area contributed by atoms with Crippen molar-refractivity contribution >= 4 is 21.9 Å². The number of pyridine rings is 1. The van der Waals surface area contributed by atoms with Crippen LogP contribution in [0.4, 0.5) is 0 Å². The number of hydrogen-bond acceptors (Lipinski definition) is 2. The number of nitrogens with zero attached hydrogens (tertiary/aromatic N) is 2. The molecule has 1 fully saturated rings. The van der Waals surface area contributed by atoms with Gasteiger partial charge in [0.25, 0.3) is 0 Å². The second-order valence-corrected chi connectivity index (χ2v) is 9.65. The van der Waals surface area contributed by atoms with Crippen LogP contribution in [0.5, 0.6) is 0 Å². The fourth-order valence-corrected chi connectivity index (χ4v) is 5.65. The van der Waals surface area contributed by atoms with Crippen molar-refractivity contribution in [2.45, 2.75) is 44.9 Å². The number of para-hydroxylation sites is 1. The molecule has 5 aromatic rings. The minimum absolute atomic E-state index is 0.602. The normalized spacial score (nSPS) is 15.7. The smallest absolute Gasteiger partial charge is 0.216 e. The van der Waals surface area contributed by atoms with Crippen LogP contribution in [0.15, 0.2) is 77.3 Å². The molecule has 172 valence electrons. The van der Waals surface area contributed by atoms with Gasteiger partial charge in [-0.2, -0.15) is 5.26 Å². The topological polar surface area (TPSA) is 40.8 Å². The number of fused-ring (bicyclic) bond motifs is 3. The van der Waals surface area contributed by atoms with Gasteiger partial charge in [-0.3, -0.25) is 0 Å². The van der Waals surface area contributed by atoms with Crippen molar-refractivity contribution < 1.29 is 10.4 Å². The van der Waals surface area contributed by atoms with Crippen molar-refractivity contribution in [3.8, 4) is 28.5 Å². The van der Waals surface area contributed by atoms with E-state index in [4.69, 9.17) is 5.79 Å². The summed E-state index contributed by atoms with van der Waals surface area (Å²) in [5, 5.41) is 12.2. The first kappa shape index (κ1) is 20.5. The molecule has 1 aliphatic rings. The molecule has 1 saturated carbocycles. The predicted molar refractivity (Wildman–Crippen MR) is 141 cm³/mol. The van der Waals surface area contributed by atoms with Crippen molar-refractivity contribution in [2.75, 3.05) is 0 Å². The summed E-state index contributed by atoms with van der Waals surface area (Å²) in [6.45, 7) is 2.12. The maximum absolute atomic E-state index is 10.0. The first-order valence-electron chi connectivity index (χ1n) is 12.9. The van der Waals surface area contributed by atoms with E-state index in [0.717, 1.165) is 81.1 Å². The lowest BCUT2D eigenvalue weighted by atomic mass is 9.81. The fraction of sp³-hybridized carbons (Fsp3) is 0.250. The van der Waals surface area contributed by atoms with E-state index in [-0.39, 0.29) is 0 Å². The number of furan rings is 1. The van der Waals surface area contributed by atoms with Gasteiger partial charge in [0.15, 0.2) is 6.20 Å². The first-order chi connectivity index (χ1) is 17.5. The third kappa shape index (κ3) is 3.61. The van der Waals surface area contributed by atoms with E-state index < -0.39 is 5.89 Å². The Kier molecular flexibility index (Phi) is 5.09. The summed E-state index contributed by atoms with van der Waals surface area (Å²) in [7, 11) is 2.05. The molecule has 0 bridgehead atoms. The zero-order valence-corrected chi connectivity index (χ0v) is 20.3. The van der Waals surface area contributed by atoms with E-state index in [1.807, 2.05) is 18.2 Å². The fourth-order valence-electron chi connectivity index (χ4n) is 5.65. The highest BCUT2D eigenvalue weighted by molar-refractivity contribution is 6.13. The van der Waals surface area contributed by atoms with E-state index in [1.54, 1.807) is 0 Å². The number of rotatable bonds is 3. The van der Waals surface area contributed by atoms with Crippen molar-refractivity contribution in [1.82, 2.24) is 0 Å². The van der Waals surface area contributed by atoms with Crippen LogP contribution in [0.25, 0.3) is 44.3 Å². The summed E-state index contributed by atoms with van der Waals surface area (Å²) >= 11 is 0. The molecule has 0 spiro atoms. The molecule has 0 unspecified atom stereocenters. The summed E-state index contributed by atoms with van der Waals surface area (Å²) in [6, 6.07) is 25.1. The Hall–Kier alpha value is -3.90. The molecule has 3 aromatic carbocycles. The number of aryl methyl sites for hydroxylation is 2. The highest BCUT2D eigenvalue weighted by Crippen LogP contribution is 2.41. The van der Waals surface area contributed by atoms with Crippen molar-refractivity contribution in [3.05, 3.63) is 89.6 Å².